The Morgan fingerprint density at radius 2 is 1.97 bits per heavy atom. The lowest BCUT2D eigenvalue weighted by atomic mass is 10.0. The summed E-state index contributed by atoms with van der Waals surface area (Å²) in [5, 5.41) is 8.90. The Balaban J connectivity index is 1.54. The van der Waals surface area contributed by atoms with Crippen molar-refractivity contribution in [2.75, 3.05) is 4.90 Å². The van der Waals surface area contributed by atoms with E-state index in [1.165, 1.54) is 19.1 Å². The zero-order valence-electron chi connectivity index (χ0n) is 17.5. The van der Waals surface area contributed by atoms with E-state index in [0.29, 0.717) is 23.7 Å². The fraction of sp³-hybridized carbons (Fsp3) is 0.429. The van der Waals surface area contributed by atoms with Gasteiger partial charge < -0.3 is 9.32 Å². The molecule has 1 saturated carbocycles. The summed E-state index contributed by atoms with van der Waals surface area (Å²) in [6.07, 6.45) is 14.3. The van der Waals surface area contributed by atoms with Gasteiger partial charge in [0.05, 0.1) is 18.4 Å². The Hall–Kier alpha value is -3.56. The van der Waals surface area contributed by atoms with E-state index < -0.39 is 0 Å². The average molecular weight is 417 g/mol. The zero-order chi connectivity index (χ0) is 20.9. The van der Waals surface area contributed by atoms with E-state index in [-0.39, 0.29) is 6.04 Å². The van der Waals surface area contributed by atoms with Gasteiger partial charge in [0.2, 0.25) is 11.8 Å². The number of fused-ring (bicyclic) bond motifs is 3. The number of oxazole rings is 1. The molecule has 2 aliphatic rings. The first-order valence-electron chi connectivity index (χ1n) is 10.8. The topological polar surface area (TPSA) is 104 Å². The third-order valence-electron chi connectivity index (χ3n) is 6.29. The van der Waals surface area contributed by atoms with E-state index in [0.717, 1.165) is 42.4 Å². The second kappa shape index (κ2) is 7.00. The van der Waals surface area contributed by atoms with Crippen molar-refractivity contribution in [2.24, 2.45) is 0 Å². The van der Waals surface area contributed by atoms with Crippen LogP contribution in [0.15, 0.2) is 35.5 Å². The molecule has 1 aliphatic heterocycles. The molecule has 10 nitrogen and oxygen atoms in total. The Kier molecular flexibility index (Phi) is 4.12. The van der Waals surface area contributed by atoms with Crippen molar-refractivity contribution in [1.29, 1.82) is 0 Å². The van der Waals surface area contributed by atoms with Gasteiger partial charge in [-0.1, -0.05) is 19.8 Å². The summed E-state index contributed by atoms with van der Waals surface area (Å²) in [7, 11) is 0. The summed E-state index contributed by atoms with van der Waals surface area (Å²) >= 11 is 0. The molecular weight excluding hydrogens is 394 g/mol. The number of rotatable bonds is 4. The van der Waals surface area contributed by atoms with Crippen LogP contribution in [0, 0.1) is 6.92 Å². The number of anilines is 1. The molecule has 5 heterocycles. The molecule has 31 heavy (non-hydrogen) atoms. The quantitative estimate of drug-likeness (QED) is 0.497. The molecule has 1 aliphatic carbocycles. The maximum absolute atomic E-state index is 5.46. The minimum absolute atomic E-state index is 0.133. The van der Waals surface area contributed by atoms with Gasteiger partial charge in [-0.2, -0.15) is 4.98 Å². The number of hydrogen-bond acceptors (Lipinski definition) is 8. The van der Waals surface area contributed by atoms with Crippen LogP contribution in [0.4, 0.5) is 5.82 Å². The van der Waals surface area contributed by atoms with Gasteiger partial charge in [-0.3, -0.25) is 9.13 Å². The lowest BCUT2D eigenvalue weighted by Gasteiger charge is -2.41. The molecule has 4 aromatic rings. The lowest BCUT2D eigenvalue weighted by Crippen LogP contribution is -2.42. The second-order valence-corrected chi connectivity index (χ2v) is 8.05. The molecule has 0 spiro atoms. The van der Waals surface area contributed by atoms with E-state index in [9.17, 15) is 0 Å². The highest BCUT2D eigenvalue weighted by molar-refractivity contribution is 5.63. The molecular formula is C21H23N9O. The summed E-state index contributed by atoms with van der Waals surface area (Å²) < 4.78 is 9.37. The first kappa shape index (κ1) is 18.2. The monoisotopic (exact) mass is 417 g/mol. The predicted octanol–water partition coefficient (Wildman–Crippen LogP) is 3.42. The van der Waals surface area contributed by atoms with Gasteiger partial charge in [-0.05, 0) is 26.2 Å². The summed E-state index contributed by atoms with van der Waals surface area (Å²) in [5.74, 6) is 4.28. The van der Waals surface area contributed by atoms with Crippen LogP contribution in [0.2, 0.25) is 0 Å². The van der Waals surface area contributed by atoms with Gasteiger partial charge >= 0.3 is 0 Å². The molecule has 0 amide bonds. The van der Waals surface area contributed by atoms with E-state index in [1.54, 1.807) is 12.4 Å². The molecule has 0 aromatic carbocycles. The van der Waals surface area contributed by atoms with Gasteiger partial charge in [0.25, 0.3) is 5.89 Å². The number of imidazole rings is 1. The highest BCUT2D eigenvalue weighted by Gasteiger charge is 2.39. The van der Waals surface area contributed by atoms with Crippen LogP contribution < -0.4 is 4.90 Å². The normalized spacial score (nSPS) is 18.4. The van der Waals surface area contributed by atoms with Crippen LogP contribution in [-0.4, -0.2) is 45.3 Å². The standard InChI is InChI=1S/C21H23N9O/c1-3-15-18-27-26-13(2)29(18)16-12-24-21(25-17(16)30(15)14-6-4-5-7-14)28-10-8-22-19(28)20-23-9-11-31-20/h8-12,14-15H,3-7H2,1-2H3/t15-/m1/s1. The van der Waals surface area contributed by atoms with Crippen LogP contribution in [0.25, 0.3) is 23.4 Å². The molecule has 0 N–H and O–H groups in total. The van der Waals surface area contributed by atoms with Crippen molar-refractivity contribution in [3.8, 4) is 23.4 Å². The Morgan fingerprint density at radius 1 is 1.10 bits per heavy atom. The van der Waals surface area contributed by atoms with Crippen LogP contribution in [0.3, 0.4) is 0 Å². The van der Waals surface area contributed by atoms with Crippen LogP contribution in [0.1, 0.15) is 56.7 Å². The average Bonchev–Trinajstić information content (AvgIpc) is 3.59. The minimum Gasteiger partial charge on any atom is -0.442 e. The highest BCUT2D eigenvalue weighted by Crippen LogP contribution is 2.43. The number of hydrogen-bond donors (Lipinski definition) is 0. The molecule has 0 bridgehead atoms. The molecule has 4 aromatic heterocycles. The largest absolute Gasteiger partial charge is 0.442 e. The van der Waals surface area contributed by atoms with E-state index in [1.807, 2.05) is 23.9 Å². The first-order valence-corrected chi connectivity index (χ1v) is 10.8. The smallest absolute Gasteiger partial charge is 0.263 e. The van der Waals surface area contributed by atoms with Crippen molar-refractivity contribution in [2.45, 2.75) is 58.0 Å². The first-order chi connectivity index (χ1) is 15.3. The van der Waals surface area contributed by atoms with Crippen LogP contribution in [0.5, 0.6) is 0 Å². The Morgan fingerprint density at radius 3 is 2.74 bits per heavy atom. The maximum atomic E-state index is 5.46. The van der Waals surface area contributed by atoms with E-state index in [2.05, 4.69) is 41.5 Å². The summed E-state index contributed by atoms with van der Waals surface area (Å²) in [4.78, 5) is 20.8. The zero-order valence-corrected chi connectivity index (χ0v) is 17.5. The molecule has 0 saturated heterocycles. The number of nitrogens with zero attached hydrogens (tertiary/aromatic N) is 9. The fourth-order valence-electron chi connectivity index (χ4n) is 4.93. The number of aryl methyl sites for hydroxylation is 1. The summed E-state index contributed by atoms with van der Waals surface area (Å²) in [6.45, 7) is 4.17. The Bertz CT molecular complexity index is 1220. The van der Waals surface area contributed by atoms with E-state index >= 15 is 0 Å². The van der Waals surface area contributed by atoms with Gasteiger partial charge in [0.1, 0.15) is 17.8 Å². The predicted molar refractivity (Wildman–Crippen MR) is 112 cm³/mol. The highest BCUT2D eigenvalue weighted by atomic mass is 16.3. The van der Waals surface area contributed by atoms with Gasteiger partial charge in [0.15, 0.2) is 11.6 Å². The SMILES string of the molecule is CC[C@@H]1c2nnc(C)n2-c2cnc(-n3ccnc3-c3ncco3)nc2N1C1CCCC1. The van der Waals surface area contributed by atoms with Crippen molar-refractivity contribution in [3.63, 3.8) is 0 Å². The van der Waals surface area contributed by atoms with Crippen molar-refractivity contribution < 1.29 is 4.42 Å². The van der Waals surface area contributed by atoms with Crippen LogP contribution in [-0.2, 0) is 0 Å². The molecule has 158 valence electrons. The van der Waals surface area contributed by atoms with Gasteiger partial charge in [-0.25, -0.2) is 15.0 Å². The fourth-order valence-corrected chi connectivity index (χ4v) is 4.93. The minimum atomic E-state index is 0.133. The molecule has 0 radical (unpaired) electrons. The lowest BCUT2D eigenvalue weighted by molar-refractivity contribution is 0.467. The van der Waals surface area contributed by atoms with E-state index in [4.69, 9.17) is 9.40 Å². The van der Waals surface area contributed by atoms with Gasteiger partial charge in [-0.15, -0.1) is 10.2 Å². The Labute approximate surface area is 179 Å². The molecule has 6 rings (SSSR count). The summed E-state index contributed by atoms with van der Waals surface area (Å²) in [5.41, 5.74) is 0.927. The molecule has 0 unspecified atom stereocenters. The van der Waals surface area contributed by atoms with Crippen molar-refractivity contribution in [1.82, 2.24) is 39.3 Å². The second-order valence-electron chi connectivity index (χ2n) is 8.05. The van der Waals surface area contributed by atoms with Crippen LogP contribution >= 0.6 is 0 Å². The molecule has 10 heteroatoms. The summed E-state index contributed by atoms with van der Waals surface area (Å²) in [6, 6.07) is 0.569. The molecule has 1 atom stereocenters. The third-order valence-corrected chi connectivity index (χ3v) is 6.29. The van der Waals surface area contributed by atoms with Crippen molar-refractivity contribution >= 4 is 5.82 Å². The third kappa shape index (κ3) is 2.70. The maximum Gasteiger partial charge on any atom is 0.263 e. The number of aromatic nitrogens is 8. The van der Waals surface area contributed by atoms with Crippen molar-refractivity contribution in [3.05, 3.63) is 42.7 Å². The van der Waals surface area contributed by atoms with Gasteiger partial charge in [0, 0.05) is 18.4 Å². The molecule has 1 fully saturated rings.